The fraction of sp³-hybridized carbons (Fsp3) is 0. The van der Waals surface area contributed by atoms with Gasteiger partial charge >= 0.3 is 0 Å². The minimum absolute atomic E-state index is 0.0592. The number of nitrogens with two attached hydrogens (primary N) is 1. The van der Waals surface area contributed by atoms with Crippen LogP contribution in [0.1, 0.15) is 10.4 Å². The van der Waals surface area contributed by atoms with Gasteiger partial charge in [-0.05, 0) is 42.5 Å². The maximum Gasteiger partial charge on any atom is 0.261 e. The predicted molar refractivity (Wildman–Crippen MR) is 77.2 cm³/mol. The van der Waals surface area contributed by atoms with Gasteiger partial charge in [0.2, 0.25) is 5.91 Å². The molecule has 0 bridgehead atoms. The van der Waals surface area contributed by atoms with E-state index in [2.05, 4.69) is 4.72 Å². The van der Waals surface area contributed by atoms with Crippen LogP contribution in [0.4, 0.5) is 5.69 Å². The van der Waals surface area contributed by atoms with Crippen LogP contribution in [0.5, 0.6) is 0 Å². The Kier molecular flexibility index (Phi) is 3.96. The van der Waals surface area contributed by atoms with E-state index in [9.17, 15) is 13.2 Å². The molecule has 0 atom stereocenters. The molecule has 2 aromatic rings. The summed E-state index contributed by atoms with van der Waals surface area (Å²) in [6.07, 6.45) is 0. The third kappa shape index (κ3) is 3.28. The summed E-state index contributed by atoms with van der Waals surface area (Å²) >= 11 is 5.77. The van der Waals surface area contributed by atoms with E-state index in [-0.39, 0.29) is 4.90 Å². The Labute approximate surface area is 121 Å². The number of halogens is 1. The van der Waals surface area contributed by atoms with Crippen LogP contribution in [0.25, 0.3) is 0 Å². The monoisotopic (exact) mass is 310 g/mol. The SMILES string of the molecule is NC(=O)c1ccc(NS(=O)(=O)c2cccc(Cl)c2)cc1. The Morgan fingerprint density at radius 2 is 1.75 bits per heavy atom. The standard InChI is InChI=1S/C13H11ClN2O3S/c14-10-2-1-3-12(8-10)20(18,19)16-11-6-4-9(5-7-11)13(15)17/h1-8,16H,(H2,15,17). The van der Waals surface area contributed by atoms with Crippen LogP contribution in [-0.4, -0.2) is 14.3 Å². The molecule has 2 aromatic carbocycles. The number of amides is 1. The van der Waals surface area contributed by atoms with E-state index in [0.29, 0.717) is 16.3 Å². The first-order chi connectivity index (χ1) is 9.38. The molecule has 20 heavy (non-hydrogen) atoms. The van der Waals surface area contributed by atoms with Gasteiger partial charge < -0.3 is 5.73 Å². The number of benzene rings is 2. The summed E-state index contributed by atoms with van der Waals surface area (Å²) in [5.74, 6) is -0.575. The third-order valence-corrected chi connectivity index (χ3v) is 4.14. The summed E-state index contributed by atoms with van der Waals surface area (Å²) in [6, 6.07) is 11.7. The predicted octanol–water partition coefficient (Wildman–Crippen LogP) is 2.24. The van der Waals surface area contributed by atoms with Crippen LogP contribution in [0.15, 0.2) is 53.4 Å². The van der Waals surface area contributed by atoms with E-state index < -0.39 is 15.9 Å². The lowest BCUT2D eigenvalue weighted by atomic mass is 10.2. The minimum Gasteiger partial charge on any atom is -0.366 e. The molecule has 3 N–H and O–H groups in total. The molecule has 0 radical (unpaired) electrons. The van der Waals surface area contributed by atoms with Crippen molar-refractivity contribution < 1.29 is 13.2 Å². The highest BCUT2D eigenvalue weighted by Gasteiger charge is 2.14. The topological polar surface area (TPSA) is 89.3 Å². The zero-order valence-corrected chi connectivity index (χ0v) is 11.8. The summed E-state index contributed by atoms with van der Waals surface area (Å²) in [5, 5.41) is 0.331. The quantitative estimate of drug-likeness (QED) is 0.907. The number of nitrogens with one attached hydrogen (secondary N) is 1. The van der Waals surface area contributed by atoms with Crippen LogP contribution in [0.2, 0.25) is 5.02 Å². The average Bonchev–Trinajstić information content (AvgIpc) is 2.39. The Morgan fingerprint density at radius 3 is 2.30 bits per heavy atom. The molecular formula is C13H11ClN2O3S. The molecule has 0 saturated carbocycles. The van der Waals surface area contributed by atoms with E-state index in [1.807, 2.05) is 0 Å². The molecule has 0 fully saturated rings. The number of primary amides is 1. The van der Waals surface area contributed by atoms with Gasteiger partial charge in [0.05, 0.1) is 4.90 Å². The maximum absolute atomic E-state index is 12.1. The van der Waals surface area contributed by atoms with Crippen molar-refractivity contribution in [3.05, 3.63) is 59.1 Å². The fourth-order valence-corrected chi connectivity index (χ4v) is 2.91. The first kappa shape index (κ1) is 14.4. The number of sulfonamides is 1. The van der Waals surface area contributed by atoms with Gasteiger partial charge in [0.25, 0.3) is 10.0 Å². The van der Waals surface area contributed by atoms with Crippen LogP contribution < -0.4 is 10.5 Å². The molecule has 1 amide bonds. The number of hydrogen-bond acceptors (Lipinski definition) is 3. The maximum atomic E-state index is 12.1. The molecule has 5 nitrogen and oxygen atoms in total. The fourth-order valence-electron chi connectivity index (χ4n) is 1.55. The Morgan fingerprint density at radius 1 is 1.10 bits per heavy atom. The lowest BCUT2D eigenvalue weighted by Gasteiger charge is -2.08. The largest absolute Gasteiger partial charge is 0.366 e. The van der Waals surface area contributed by atoms with E-state index >= 15 is 0 Å². The van der Waals surface area contributed by atoms with Gasteiger partial charge in [0.1, 0.15) is 0 Å². The molecule has 104 valence electrons. The van der Waals surface area contributed by atoms with E-state index in [0.717, 1.165) is 0 Å². The molecule has 7 heteroatoms. The smallest absolute Gasteiger partial charge is 0.261 e. The molecule has 0 aromatic heterocycles. The van der Waals surface area contributed by atoms with Gasteiger partial charge in [0, 0.05) is 16.3 Å². The van der Waals surface area contributed by atoms with Crippen molar-refractivity contribution in [2.45, 2.75) is 4.90 Å². The van der Waals surface area contributed by atoms with Crippen molar-refractivity contribution in [1.82, 2.24) is 0 Å². The number of hydrogen-bond donors (Lipinski definition) is 2. The Balaban J connectivity index is 2.26. The third-order valence-electron chi connectivity index (χ3n) is 2.53. The van der Waals surface area contributed by atoms with E-state index in [4.69, 9.17) is 17.3 Å². The van der Waals surface area contributed by atoms with Gasteiger partial charge in [-0.15, -0.1) is 0 Å². The molecule has 0 unspecified atom stereocenters. The Hall–Kier alpha value is -2.05. The van der Waals surface area contributed by atoms with Crippen molar-refractivity contribution in [2.24, 2.45) is 5.73 Å². The first-order valence-corrected chi connectivity index (χ1v) is 7.43. The molecule has 0 heterocycles. The number of rotatable bonds is 4. The lowest BCUT2D eigenvalue weighted by Crippen LogP contribution is -2.14. The van der Waals surface area contributed by atoms with Crippen LogP contribution >= 0.6 is 11.6 Å². The summed E-state index contributed by atoms with van der Waals surface area (Å²) in [4.78, 5) is 11.0. The van der Waals surface area contributed by atoms with Crippen LogP contribution in [-0.2, 0) is 10.0 Å². The number of carbonyl (C=O) groups is 1. The molecular weight excluding hydrogens is 300 g/mol. The van der Waals surface area contributed by atoms with Gasteiger partial charge in [0.15, 0.2) is 0 Å². The second-order valence-corrected chi connectivity index (χ2v) is 6.12. The van der Waals surface area contributed by atoms with Crippen molar-refractivity contribution in [2.75, 3.05) is 4.72 Å². The number of anilines is 1. The van der Waals surface area contributed by atoms with Gasteiger partial charge in [-0.2, -0.15) is 0 Å². The molecule has 0 spiro atoms. The van der Waals surface area contributed by atoms with Crippen molar-refractivity contribution >= 4 is 33.2 Å². The summed E-state index contributed by atoms with van der Waals surface area (Å²) in [7, 11) is -3.72. The van der Waals surface area contributed by atoms with Gasteiger partial charge in [-0.1, -0.05) is 17.7 Å². The molecule has 0 aliphatic carbocycles. The van der Waals surface area contributed by atoms with Gasteiger partial charge in [-0.25, -0.2) is 8.42 Å². The van der Waals surface area contributed by atoms with Crippen LogP contribution in [0, 0.1) is 0 Å². The van der Waals surface area contributed by atoms with Crippen LogP contribution in [0.3, 0.4) is 0 Å². The molecule has 0 saturated heterocycles. The van der Waals surface area contributed by atoms with E-state index in [1.54, 1.807) is 12.1 Å². The van der Waals surface area contributed by atoms with Crippen molar-refractivity contribution in [3.63, 3.8) is 0 Å². The average molecular weight is 311 g/mol. The highest BCUT2D eigenvalue weighted by Crippen LogP contribution is 2.19. The zero-order chi connectivity index (χ0) is 14.8. The zero-order valence-electron chi connectivity index (χ0n) is 10.2. The summed E-state index contributed by atoms with van der Waals surface area (Å²) in [5.41, 5.74) is 5.74. The normalized spacial score (nSPS) is 11.1. The van der Waals surface area contributed by atoms with Gasteiger partial charge in [-0.3, -0.25) is 9.52 Å². The first-order valence-electron chi connectivity index (χ1n) is 5.57. The highest BCUT2D eigenvalue weighted by atomic mass is 35.5. The van der Waals surface area contributed by atoms with Crippen molar-refractivity contribution in [1.29, 1.82) is 0 Å². The second kappa shape index (κ2) is 5.52. The molecule has 2 rings (SSSR count). The minimum atomic E-state index is -3.72. The lowest BCUT2D eigenvalue weighted by molar-refractivity contribution is 0.100. The Bertz CT molecular complexity index is 742. The summed E-state index contributed by atoms with van der Waals surface area (Å²) in [6.45, 7) is 0. The summed E-state index contributed by atoms with van der Waals surface area (Å²) < 4.78 is 26.6. The van der Waals surface area contributed by atoms with E-state index in [1.165, 1.54) is 36.4 Å². The molecule has 0 aliphatic heterocycles. The highest BCUT2D eigenvalue weighted by molar-refractivity contribution is 7.92. The number of carbonyl (C=O) groups excluding carboxylic acids is 1. The van der Waals surface area contributed by atoms with Crippen molar-refractivity contribution in [3.8, 4) is 0 Å². The second-order valence-electron chi connectivity index (χ2n) is 4.00. The molecule has 0 aliphatic rings.